The first kappa shape index (κ1) is 19.0. The van der Waals surface area contributed by atoms with Crippen molar-refractivity contribution >= 4 is 27.6 Å². The Morgan fingerprint density at radius 2 is 1.83 bits per heavy atom. The van der Waals surface area contributed by atoms with Crippen LogP contribution in [0.3, 0.4) is 0 Å². The van der Waals surface area contributed by atoms with Crippen molar-refractivity contribution in [2.24, 2.45) is 0 Å². The van der Waals surface area contributed by atoms with E-state index in [9.17, 15) is 9.90 Å². The Labute approximate surface area is 169 Å². The lowest BCUT2D eigenvalue weighted by atomic mass is 10.0. The van der Waals surface area contributed by atoms with Crippen molar-refractivity contribution in [3.05, 3.63) is 78.1 Å². The summed E-state index contributed by atoms with van der Waals surface area (Å²) in [6.45, 7) is 0.531. The third-order valence-electron chi connectivity index (χ3n) is 5.16. The van der Waals surface area contributed by atoms with Gasteiger partial charge in [-0.15, -0.1) is 0 Å². The molecule has 3 aromatic carbocycles. The van der Waals surface area contributed by atoms with Gasteiger partial charge in [-0.05, 0) is 22.9 Å². The molecule has 0 unspecified atom stereocenters. The summed E-state index contributed by atoms with van der Waals surface area (Å²) in [5, 5.41) is 12.6. The number of methoxy groups -OCH3 is 1. The molecule has 0 saturated carbocycles. The number of hydrogen-bond donors (Lipinski definition) is 1. The first-order chi connectivity index (χ1) is 14.2. The largest absolute Gasteiger partial charge is 0.496 e. The van der Waals surface area contributed by atoms with E-state index >= 15 is 0 Å². The number of ether oxygens (including phenoxy) is 1. The van der Waals surface area contributed by atoms with Gasteiger partial charge in [0.1, 0.15) is 11.3 Å². The molecule has 4 aromatic rings. The van der Waals surface area contributed by atoms with Gasteiger partial charge >= 0.3 is 0 Å². The van der Waals surface area contributed by atoms with Gasteiger partial charge < -0.3 is 19.2 Å². The lowest BCUT2D eigenvalue weighted by Crippen LogP contribution is -2.34. The van der Waals surface area contributed by atoms with E-state index in [0.717, 1.165) is 38.6 Å². The molecule has 5 heteroatoms. The molecule has 0 bridgehead atoms. The molecule has 1 heterocycles. The highest BCUT2D eigenvalue weighted by Crippen LogP contribution is 2.30. The van der Waals surface area contributed by atoms with Gasteiger partial charge in [0.05, 0.1) is 26.4 Å². The summed E-state index contributed by atoms with van der Waals surface area (Å²) in [5.74, 6) is 0.656. The van der Waals surface area contributed by atoms with Crippen LogP contribution < -0.4 is 4.74 Å². The summed E-state index contributed by atoms with van der Waals surface area (Å²) < 4.78 is 11.1. The first-order valence-electron chi connectivity index (χ1n) is 9.59. The minimum atomic E-state index is -0.101. The summed E-state index contributed by atoms with van der Waals surface area (Å²) in [5.41, 5.74) is 2.52. The van der Waals surface area contributed by atoms with Crippen LogP contribution in [0.4, 0.5) is 0 Å². The van der Waals surface area contributed by atoms with Gasteiger partial charge in [0.15, 0.2) is 0 Å². The number of hydrogen-bond acceptors (Lipinski definition) is 4. The summed E-state index contributed by atoms with van der Waals surface area (Å²) in [6.07, 6.45) is 1.87. The molecule has 29 heavy (non-hydrogen) atoms. The van der Waals surface area contributed by atoms with E-state index in [4.69, 9.17) is 9.15 Å². The Morgan fingerprint density at radius 3 is 2.66 bits per heavy atom. The standard InChI is InChI=1S/C24H23NO4/c1-28-21-9-5-3-7-18(21)15-25(12-13-26)23(27)14-19-16-29-22-11-10-17-6-2-4-8-20(17)24(19)22/h2-11,16,26H,12-15H2,1H3. The lowest BCUT2D eigenvalue weighted by Gasteiger charge is -2.23. The zero-order chi connectivity index (χ0) is 20.2. The third-order valence-corrected chi connectivity index (χ3v) is 5.16. The van der Waals surface area contributed by atoms with Gasteiger partial charge in [-0.25, -0.2) is 0 Å². The van der Waals surface area contributed by atoms with E-state index in [0.29, 0.717) is 6.54 Å². The van der Waals surface area contributed by atoms with Crippen molar-refractivity contribution in [3.63, 3.8) is 0 Å². The second-order valence-electron chi connectivity index (χ2n) is 6.95. The molecule has 1 N–H and O–H groups in total. The fourth-order valence-corrected chi connectivity index (χ4v) is 3.73. The maximum atomic E-state index is 13.1. The highest BCUT2D eigenvalue weighted by Gasteiger charge is 2.19. The van der Waals surface area contributed by atoms with E-state index in [2.05, 4.69) is 0 Å². The maximum absolute atomic E-state index is 13.1. The molecule has 0 atom stereocenters. The number of rotatable bonds is 7. The average molecular weight is 389 g/mol. The van der Waals surface area contributed by atoms with Crippen LogP contribution in [0.2, 0.25) is 0 Å². The minimum absolute atomic E-state index is 0.0689. The van der Waals surface area contributed by atoms with Crippen molar-refractivity contribution in [2.45, 2.75) is 13.0 Å². The van der Waals surface area contributed by atoms with Gasteiger partial charge in [0.2, 0.25) is 5.91 Å². The molecule has 148 valence electrons. The van der Waals surface area contributed by atoms with Crippen LogP contribution >= 0.6 is 0 Å². The van der Waals surface area contributed by atoms with Crippen LogP contribution in [0.25, 0.3) is 21.7 Å². The number of aliphatic hydroxyl groups is 1. The zero-order valence-corrected chi connectivity index (χ0v) is 16.3. The predicted molar refractivity (Wildman–Crippen MR) is 113 cm³/mol. The molecule has 0 fully saturated rings. The summed E-state index contributed by atoms with van der Waals surface area (Å²) in [6, 6.07) is 19.6. The first-order valence-corrected chi connectivity index (χ1v) is 9.59. The van der Waals surface area contributed by atoms with Crippen molar-refractivity contribution in [3.8, 4) is 5.75 Å². The van der Waals surface area contributed by atoms with Gasteiger partial charge in [0, 0.05) is 29.6 Å². The minimum Gasteiger partial charge on any atom is -0.496 e. The van der Waals surface area contributed by atoms with Gasteiger partial charge in [-0.2, -0.15) is 0 Å². The van der Waals surface area contributed by atoms with Crippen LogP contribution in [0.15, 0.2) is 71.3 Å². The predicted octanol–water partition coefficient (Wildman–Crippen LogP) is 4.16. The average Bonchev–Trinajstić information content (AvgIpc) is 3.17. The lowest BCUT2D eigenvalue weighted by molar-refractivity contribution is -0.131. The normalized spacial score (nSPS) is 11.1. The molecule has 0 saturated heterocycles. The summed E-state index contributed by atoms with van der Waals surface area (Å²) in [7, 11) is 1.61. The molecule has 0 aliphatic heterocycles. The van der Waals surface area contributed by atoms with E-state index in [1.807, 2.05) is 60.7 Å². The molecule has 1 aromatic heterocycles. The fraction of sp³-hybridized carbons (Fsp3) is 0.208. The Kier molecular flexibility index (Phi) is 5.49. The van der Waals surface area contributed by atoms with Crippen molar-refractivity contribution in [2.75, 3.05) is 20.3 Å². The quantitative estimate of drug-likeness (QED) is 0.516. The second-order valence-corrected chi connectivity index (χ2v) is 6.95. The smallest absolute Gasteiger partial charge is 0.227 e. The van der Waals surface area contributed by atoms with E-state index < -0.39 is 0 Å². The highest BCUT2D eigenvalue weighted by molar-refractivity contribution is 6.08. The Bertz CT molecular complexity index is 1150. The molecular weight excluding hydrogens is 366 g/mol. The van der Waals surface area contributed by atoms with Crippen LogP contribution in [0, 0.1) is 0 Å². The number of fused-ring (bicyclic) bond motifs is 3. The Morgan fingerprint density at radius 1 is 1.03 bits per heavy atom. The number of amides is 1. The van der Waals surface area contributed by atoms with Crippen LogP contribution in [0.1, 0.15) is 11.1 Å². The molecule has 0 spiro atoms. The molecule has 1 amide bonds. The van der Waals surface area contributed by atoms with E-state index in [1.54, 1.807) is 18.3 Å². The van der Waals surface area contributed by atoms with Crippen LogP contribution in [-0.4, -0.2) is 36.2 Å². The highest BCUT2D eigenvalue weighted by atomic mass is 16.5. The SMILES string of the molecule is COc1ccccc1CN(CCO)C(=O)Cc1coc2ccc3ccccc3c12. The van der Waals surface area contributed by atoms with Crippen molar-refractivity contribution in [1.82, 2.24) is 4.90 Å². The second kappa shape index (κ2) is 8.37. The summed E-state index contributed by atoms with van der Waals surface area (Å²) in [4.78, 5) is 14.8. The molecule has 0 aliphatic rings. The topological polar surface area (TPSA) is 62.9 Å². The Hall–Kier alpha value is -3.31. The molecular formula is C24H23NO4. The monoisotopic (exact) mass is 389 g/mol. The molecule has 5 nitrogen and oxygen atoms in total. The van der Waals surface area contributed by atoms with Crippen LogP contribution in [0.5, 0.6) is 5.75 Å². The van der Waals surface area contributed by atoms with Crippen molar-refractivity contribution < 1.29 is 19.1 Å². The molecule has 4 rings (SSSR count). The van der Waals surface area contributed by atoms with E-state index in [1.165, 1.54) is 0 Å². The van der Waals surface area contributed by atoms with E-state index in [-0.39, 0.29) is 25.5 Å². The number of para-hydroxylation sites is 1. The number of aliphatic hydroxyl groups excluding tert-OH is 1. The number of nitrogens with zero attached hydrogens (tertiary/aromatic N) is 1. The number of benzene rings is 3. The molecule has 0 radical (unpaired) electrons. The van der Waals surface area contributed by atoms with Gasteiger partial charge in [-0.1, -0.05) is 48.5 Å². The number of carbonyl (C=O) groups is 1. The molecule has 0 aliphatic carbocycles. The van der Waals surface area contributed by atoms with Gasteiger partial charge in [0.25, 0.3) is 0 Å². The Balaban J connectivity index is 1.64. The fourth-order valence-electron chi connectivity index (χ4n) is 3.73. The number of furan rings is 1. The summed E-state index contributed by atoms with van der Waals surface area (Å²) >= 11 is 0. The maximum Gasteiger partial charge on any atom is 0.227 e. The van der Waals surface area contributed by atoms with Crippen LogP contribution in [-0.2, 0) is 17.8 Å². The zero-order valence-electron chi connectivity index (χ0n) is 16.3. The number of carbonyl (C=O) groups excluding carboxylic acids is 1. The third kappa shape index (κ3) is 3.82. The van der Waals surface area contributed by atoms with Gasteiger partial charge in [-0.3, -0.25) is 4.79 Å². The van der Waals surface area contributed by atoms with Crippen molar-refractivity contribution in [1.29, 1.82) is 0 Å².